The predicted octanol–water partition coefficient (Wildman–Crippen LogP) is 1.76. The molecule has 0 radical (unpaired) electrons. The first kappa shape index (κ1) is 14.9. The molecule has 20 heavy (non-hydrogen) atoms. The first-order valence-corrected chi connectivity index (χ1v) is 6.60. The Morgan fingerprint density at radius 2 is 2.15 bits per heavy atom. The summed E-state index contributed by atoms with van der Waals surface area (Å²) in [5.74, 6) is 0.209. The molecule has 1 fully saturated rings. The fourth-order valence-corrected chi connectivity index (χ4v) is 2.19. The van der Waals surface area contributed by atoms with Crippen molar-refractivity contribution < 1.29 is 14.6 Å². The number of halogens is 1. The highest BCUT2D eigenvalue weighted by Crippen LogP contribution is 2.36. The molecule has 1 aromatic rings. The van der Waals surface area contributed by atoms with E-state index in [1.807, 2.05) is 0 Å². The maximum atomic E-state index is 11.8. The minimum absolute atomic E-state index is 0.105. The molecule has 0 aromatic carbocycles. The third-order valence-corrected chi connectivity index (χ3v) is 3.15. The number of nitrogen functional groups attached to an aromatic ring is 1. The zero-order valence-electron chi connectivity index (χ0n) is 11.7. The SMILES string of the molecule is CC(C)(C)OC(=O)N1CC(O)(c2cc(Cl)cnc2N)C1. The first-order chi connectivity index (χ1) is 9.11. The van der Waals surface area contributed by atoms with Crippen LogP contribution in [-0.2, 0) is 10.3 Å². The van der Waals surface area contributed by atoms with Crippen LogP contribution >= 0.6 is 11.6 Å². The molecule has 2 rings (SSSR count). The number of hydrogen-bond acceptors (Lipinski definition) is 5. The Morgan fingerprint density at radius 3 is 2.70 bits per heavy atom. The van der Waals surface area contributed by atoms with E-state index in [-0.39, 0.29) is 18.9 Å². The third-order valence-electron chi connectivity index (χ3n) is 2.94. The van der Waals surface area contributed by atoms with E-state index in [0.29, 0.717) is 10.6 Å². The third kappa shape index (κ3) is 2.96. The van der Waals surface area contributed by atoms with E-state index in [0.717, 1.165) is 0 Å². The molecular weight excluding hydrogens is 282 g/mol. The Morgan fingerprint density at radius 1 is 1.55 bits per heavy atom. The smallest absolute Gasteiger partial charge is 0.410 e. The number of nitrogens with zero attached hydrogens (tertiary/aromatic N) is 2. The number of carbonyl (C=O) groups is 1. The summed E-state index contributed by atoms with van der Waals surface area (Å²) in [7, 11) is 0. The molecule has 0 aliphatic carbocycles. The summed E-state index contributed by atoms with van der Waals surface area (Å²) in [6.45, 7) is 5.57. The van der Waals surface area contributed by atoms with E-state index < -0.39 is 17.3 Å². The van der Waals surface area contributed by atoms with E-state index in [4.69, 9.17) is 22.1 Å². The highest BCUT2D eigenvalue weighted by molar-refractivity contribution is 6.30. The van der Waals surface area contributed by atoms with Crippen molar-refractivity contribution in [2.75, 3.05) is 18.8 Å². The molecule has 6 nitrogen and oxygen atoms in total. The van der Waals surface area contributed by atoms with Crippen molar-refractivity contribution in [2.24, 2.45) is 0 Å². The lowest BCUT2D eigenvalue weighted by Crippen LogP contribution is -2.62. The van der Waals surface area contributed by atoms with Crippen LogP contribution in [0.4, 0.5) is 10.6 Å². The number of likely N-dealkylation sites (tertiary alicyclic amines) is 1. The van der Waals surface area contributed by atoms with Gasteiger partial charge in [0.2, 0.25) is 0 Å². The maximum absolute atomic E-state index is 11.8. The van der Waals surface area contributed by atoms with Crippen LogP contribution in [0.25, 0.3) is 0 Å². The molecule has 1 aromatic heterocycles. The molecule has 7 heteroatoms. The standard InChI is InChI=1S/C13H18ClN3O3/c1-12(2,3)20-11(18)17-6-13(19,7-17)9-4-8(14)5-16-10(9)15/h4-5,19H,6-7H2,1-3H3,(H2,15,16). The second-order valence-corrected chi connectivity index (χ2v) is 6.39. The predicted molar refractivity (Wildman–Crippen MR) is 75.4 cm³/mol. The van der Waals surface area contributed by atoms with Gasteiger partial charge in [-0.25, -0.2) is 9.78 Å². The summed E-state index contributed by atoms with van der Waals surface area (Å²) in [6, 6.07) is 1.57. The normalized spacial score (nSPS) is 17.6. The van der Waals surface area contributed by atoms with Crippen LogP contribution in [0.15, 0.2) is 12.3 Å². The zero-order valence-corrected chi connectivity index (χ0v) is 12.4. The number of aliphatic hydroxyl groups is 1. The molecule has 0 spiro atoms. The van der Waals surface area contributed by atoms with Gasteiger partial charge in [-0.1, -0.05) is 11.6 Å². The number of β-amino-alcohol motifs (C(OH)–C–C–N with tert-alkyl or cyclic N) is 1. The Hall–Kier alpha value is -1.53. The zero-order chi connectivity index (χ0) is 15.1. The highest BCUT2D eigenvalue weighted by atomic mass is 35.5. The second kappa shape index (κ2) is 4.79. The van der Waals surface area contributed by atoms with Crippen molar-refractivity contribution in [2.45, 2.75) is 32.0 Å². The molecule has 0 saturated carbocycles. The number of ether oxygens (including phenoxy) is 1. The lowest BCUT2D eigenvalue weighted by molar-refractivity contribution is -0.103. The van der Waals surface area contributed by atoms with Gasteiger partial charge < -0.3 is 20.5 Å². The fraction of sp³-hybridized carbons (Fsp3) is 0.538. The molecule has 110 valence electrons. The van der Waals surface area contributed by atoms with Crippen molar-refractivity contribution in [3.63, 3.8) is 0 Å². The molecule has 0 bridgehead atoms. The minimum Gasteiger partial charge on any atom is -0.444 e. The van der Waals surface area contributed by atoms with Gasteiger partial charge in [0.05, 0.1) is 18.1 Å². The Kier molecular flexibility index (Phi) is 3.56. The summed E-state index contributed by atoms with van der Waals surface area (Å²) in [6.07, 6.45) is 0.948. The molecule has 1 saturated heterocycles. The maximum Gasteiger partial charge on any atom is 0.410 e. The number of carbonyl (C=O) groups excluding carboxylic acids is 1. The number of anilines is 1. The van der Waals surface area contributed by atoms with Crippen LogP contribution in [-0.4, -0.2) is 39.8 Å². The molecule has 3 N–H and O–H groups in total. The number of hydrogen-bond donors (Lipinski definition) is 2. The fourth-order valence-electron chi connectivity index (χ4n) is 2.03. The van der Waals surface area contributed by atoms with Gasteiger partial charge in [0.25, 0.3) is 0 Å². The van der Waals surface area contributed by atoms with Crippen LogP contribution < -0.4 is 5.73 Å². The van der Waals surface area contributed by atoms with E-state index in [2.05, 4.69) is 4.98 Å². The number of aromatic nitrogens is 1. The Bertz CT molecular complexity index is 536. The van der Waals surface area contributed by atoms with Crippen LogP contribution in [0.3, 0.4) is 0 Å². The average molecular weight is 300 g/mol. The molecule has 0 unspecified atom stereocenters. The topological polar surface area (TPSA) is 88.7 Å². The number of nitrogens with two attached hydrogens (primary N) is 1. The van der Waals surface area contributed by atoms with E-state index in [1.54, 1.807) is 26.8 Å². The van der Waals surface area contributed by atoms with Crippen molar-refractivity contribution in [1.29, 1.82) is 0 Å². The summed E-state index contributed by atoms with van der Waals surface area (Å²) in [5, 5.41) is 10.9. The number of pyridine rings is 1. The minimum atomic E-state index is -1.22. The summed E-state index contributed by atoms with van der Waals surface area (Å²) < 4.78 is 5.23. The van der Waals surface area contributed by atoms with Crippen molar-refractivity contribution >= 4 is 23.5 Å². The van der Waals surface area contributed by atoms with Crippen LogP contribution in [0, 0.1) is 0 Å². The lowest BCUT2D eigenvalue weighted by Gasteiger charge is -2.46. The average Bonchev–Trinajstić information content (AvgIpc) is 2.25. The molecule has 1 aliphatic rings. The van der Waals surface area contributed by atoms with Crippen molar-refractivity contribution in [3.05, 3.63) is 22.8 Å². The molecule has 1 aliphatic heterocycles. The van der Waals surface area contributed by atoms with Crippen LogP contribution in [0.2, 0.25) is 5.02 Å². The monoisotopic (exact) mass is 299 g/mol. The van der Waals surface area contributed by atoms with Gasteiger partial charge in [0.15, 0.2) is 0 Å². The molecule has 2 heterocycles. The highest BCUT2D eigenvalue weighted by Gasteiger charge is 2.47. The number of rotatable bonds is 1. The van der Waals surface area contributed by atoms with Crippen LogP contribution in [0.5, 0.6) is 0 Å². The van der Waals surface area contributed by atoms with E-state index >= 15 is 0 Å². The van der Waals surface area contributed by atoms with Crippen molar-refractivity contribution in [3.8, 4) is 0 Å². The lowest BCUT2D eigenvalue weighted by atomic mass is 9.86. The summed E-state index contributed by atoms with van der Waals surface area (Å²) in [5.41, 5.74) is 4.39. The van der Waals surface area contributed by atoms with Gasteiger partial charge in [0.1, 0.15) is 17.0 Å². The Labute approximate surface area is 122 Å². The van der Waals surface area contributed by atoms with E-state index in [1.165, 1.54) is 11.1 Å². The summed E-state index contributed by atoms with van der Waals surface area (Å²) >= 11 is 5.86. The first-order valence-electron chi connectivity index (χ1n) is 6.22. The largest absolute Gasteiger partial charge is 0.444 e. The Balaban J connectivity index is 2.07. The quantitative estimate of drug-likeness (QED) is 0.825. The van der Waals surface area contributed by atoms with Gasteiger partial charge >= 0.3 is 6.09 Å². The van der Waals surface area contributed by atoms with Gasteiger partial charge in [-0.15, -0.1) is 0 Å². The summed E-state index contributed by atoms with van der Waals surface area (Å²) in [4.78, 5) is 17.1. The molecular formula is C13H18ClN3O3. The second-order valence-electron chi connectivity index (χ2n) is 5.95. The molecule has 1 amide bonds. The number of amides is 1. The van der Waals surface area contributed by atoms with Crippen molar-refractivity contribution in [1.82, 2.24) is 9.88 Å². The van der Waals surface area contributed by atoms with Gasteiger partial charge in [0, 0.05) is 11.8 Å². The van der Waals surface area contributed by atoms with E-state index in [9.17, 15) is 9.90 Å². The molecule has 0 atom stereocenters. The van der Waals surface area contributed by atoms with Gasteiger partial charge in [-0.3, -0.25) is 0 Å². The van der Waals surface area contributed by atoms with Gasteiger partial charge in [-0.2, -0.15) is 0 Å². The van der Waals surface area contributed by atoms with Gasteiger partial charge in [-0.05, 0) is 26.8 Å². The van der Waals surface area contributed by atoms with Crippen LogP contribution in [0.1, 0.15) is 26.3 Å².